The number of benzene rings is 1. The molecule has 1 aromatic rings. The van der Waals surface area contributed by atoms with E-state index in [1.165, 1.54) is 11.4 Å². The van der Waals surface area contributed by atoms with Crippen molar-refractivity contribution in [3.8, 4) is 0 Å². The zero-order chi connectivity index (χ0) is 12.5. The SMILES string of the molecule is COCCS(=O)(=O)N1CCc2cccc(N)c21. The van der Waals surface area contributed by atoms with Crippen LogP contribution in [0.1, 0.15) is 5.56 Å². The average molecular weight is 256 g/mol. The summed E-state index contributed by atoms with van der Waals surface area (Å²) < 4.78 is 30.4. The highest BCUT2D eigenvalue weighted by Gasteiger charge is 2.30. The smallest absolute Gasteiger partial charge is 0.237 e. The maximum Gasteiger partial charge on any atom is 0.237 e. The Labute approximate surface area is 101 Å². The number of hydrogen-bond donors (Lipinski definition) is 1. The normalized spacial score (nSPS) is 15.0. The van der Waals surface area contributed by atoms with E-state index in [0.29, 0.717) is 24.3 Å². The van der Waals surface area contributed by atoms with E-state index in [1.54, 1.807) is 6.07 Å². The van der Waals surface area contributed by atoms with Crippen molar-refractivity contribution in [3.05, 3.63) is 23.8 Å². The van der Waals surface area contributed by atoms with Crippen molar-refractivity contribution in [1.29, 1.82) is 0 Å². The van der Waals surface area contributed by atoms with Gasteiger partial charge in [-0.25, -0.2) is 8.42 Å². The topological polar surface area (TPSA) is 72.6 Å². The molecule has 17 heavy (non-hydrogen) atoms. The van der Waals surface area contributed by atoms with Crippen molar-refractivity contribution < 1.29 is 13.2 Å². The van der Waals surface area contributed by atoms with Crippen molar-refractivity contribution in [2.75, 3.05) is 36.1 Å². The Kier molecular flexibility index (Phi) is 3.26. The summed E-state index contributed by atoms with van der Waals surface area (Å²) >= 11 is 0. The van der Waals surface area contributed by atoms with Crippen LogP contribution in [0.3, 0.4) is 0 Å². The van der Waals surface area contributed by atoms with E-state index in [2.05, 4.69) is 0 Å². The highest BCUT2D eigenvalue weighted by Crippen LogP contribution is 2.35. The summed E-state index contributed by atoms with van der Waals surface area (Å²) in [5, 5.41) is 0. The van der Waals surface area contributed by atoms with Crippen LogP contribution in [-0.2, 0) is 21.2 Å². The van der Waals surface area contributed by atoms with Crippen LogP contribution in [0.5, 0.6) is 0 Å². The second kappa shape index (κ2) is 4.54. The van der Waals surface area contributed by atoms with Crippen LogP contribution >= 0.6 is 0 Å². The van der Waals surface area contributed by atoms with Crippen molar-refractivity contribution in [2.24, 2.45) is 0 Å². The molecule has 0 saturated heterocycles. The van der Waals surface area contributed by atoms with Gasteiger partial charge < -0.3 is 10.5 Å². The molecule has 2 rings (SSSR count). The predicted octanol–water partition coefficient (Wildman–Crippen LogP) is 0.608. The number of para-hydroxylation sites is 1. The number of fused-ring (bicyclic) bond motifs is 1. The number of hydrogen-bond acceptors (Lipinski definition) is 4. The van der Waals surface area contributed by atoms with E-state index in [9.17, 15) is 8.42 Å². The van der Waals surface area contributed by atoms with Gasteiger partial charge in [-0.3, -0.25) is 4.31 Å². The largest absolute Gasteiger partial charge is 0.397 e. The zero-order valence-electron chi connectivity index (χ0n) is 9.72. The molecule has 0 amide bonds. The fraction of sp³-hybridized carbons (Fsp3) is 0.455. The number of rotatable bonds is 4. The van der Waals surface area contributed by atoms with Crippen LogP contribution in [0.15, 0.2) is 18.2 Å². The van der Waals surface area contributed by atoms with Gasteiger partial charge in [0.25, 0.3) is 0 Å². The standard InChI is InChI=1S/C11H16N2O3S/c1-16-7-8-17(14,15)13-6-5-9-3-2-4-10(12)11(9)13/h2-4H,5-8,12H2,1H3. The number of ether oxygens (including phenoxy) is 1. The lowest BCUT2D eigenvalue weighted by molar-refractivity contribution is 0.217. The monoisotopic (exact) mass is 256 g/mol. The van der Waals surface area contributed by atoms with E-state index in [0.717, 1.165) is 5.56 Å². The molecule has 1 aliphatic rings. The minimum absolute atomic E-state index is 0.0166. The molecule has 0 aliphatic carbocycles. The Morgan fingerprint density at radius 3 is 2.94 bits per heavy atom. The highest BCUT2D eigenvalue weighted by molar-refractivity contribution is 7.92. The summed E-state index contributed by atoms with van der Waals surface area (Å²) in [5.74, 6) is -0.0166. The minimum Gasteiger partial charge on any atom is -0.397 e. The van der Waals surface area contributed by atoms with E-state index in [4.69, 9.17) is 10.5 Å². The zero-order valence-corrected chi connectivity index (χ0v) is 10.5. The van der Waals surface area contributed by atoms with E-state index in [1.807, 2.05) is 12.1 Å². The van der Waals surface area contributed by atoms with Gasteiger partial charge in [-0.2, -0.15) is 0 Å². The molecule has 5 nitrogen and oxygen atoms in total. The molecule has 1 aromatic carbocycles. The molecule has 0 atom stereocenters. The van der Waals surface area contributed by atoms with Crippen LogP contribution in [0.2, 0.25) is 0 Å². The van der Waals surface area contributed by atoms with E-state index in [-0.39, 0.29) is 12.4 Å². The van der Waals surface area contributed by atoms with Crippen molar-refractivity contribution >= 4 is 21.4 Å². The minimum atomic E-state index is -3.33. The number of nitrogens with zero attached hydrogens (tertiary/aromatic N) is 1. The van der Waals surface area contributed by atoms with E-state index < -0.39 is 10.0 Å². The van der Waals surface area contributed by atoms with Crippen LogP contribution < -0.4 is 10.0 Å². The van der Waals surface area contributed by atoms with Crippen LogP contribution in [0.25, 0.3) is 0 Å². The Morgan fingerprint density at radius 2 is 2.24 bits per heavy atom. The molecule has 0 fully saturated rings. The molecule has 0 aromatic heterocycles. The lowest BCUT2D eigenvalue weighted by Gasteiger charge is -2.20. The molecule has 0 unspecified atom stereocenters. The first-order valence-electron chi connectivity index (χ1n) is 5.43. The summed E-state index contributed by atoms with van der Waals surface area (Å²) in [6, 6.07) is 5.49. The molecule has 0 bridgehead atoms. The molecule has 94 valence electrons. The van der Waals surface area contributed by atoms with Gasteiger partial charge in [0.1, 0.15) is 0 Å². The third-order valence-electron chi connectivity index (χ3n) is 2.87. The number of nitrogens with two attached hydrogens (primary N) is 1. The maximum atomic E-state index is 12.1. The summed E-state index contributed by atoms with van der Waals surface area (Å²) in [4.78, 5) is 0. The summed E-state index contributed by atoms with van der Waals surface area (Å²) in [7, 11) is -1.84. The average Bonchev–Trinajstić information content (AvgIpc) is 2.72. The number of methoxy groups -OCH3 is 1. The lowest BCUT2D eigenvalue weighted by Crippen LogP contribution is -2.33. The van der Waals surface area contributed by atoms with Crippen LogP contribution in [-0.4, -0.2) is 34.4 Å². The Morgan fingerprint density at radius 1 is 1.47 bits per heavy atom. The second-order valence-corrected chi connectivity index (χ2v) is 6.00. The molecule has 1 aliphatic heterocycles. The Balaban J connectivity index is 2.34. The highest BCUT2D eigenvalue weighted by atomic mass is 32.2. The molecular weight excluding hydrogens is 240 g/mol. The Hall–Kier alpha value is -1.27. The molecule has 0 radical (unpaired) electrons. The van der Waals surface area contributed by atoms with Gasteiger partial charge in [0.05, 0.1) is 23.7 Å². The van der Waals surface area contributed by atoms with Gasteiger partial charge >= 0.3 is 0 Å². The first-order valence-corrected chi connectivity index (χ1v) is 7.04. The first kappa shape index (κ1) is 12.2. The van der Waals surface area contributed by atoms with Gasteiger partial charge in [-0.15, -0.1) is 0 Å². The van der Waals surface area contributed by atoms with Gasteiger partial charge in [0.2, 0.25) is 10.0 Å². The lowest BCUT2D eigenvalue weighted by atomic mass is 10.1. The third-order valence-corrected chi connectivity index (χ3v) is 4.58. The quantitative estimate of drug-likeness (QED) is 0.801. The van der Waals surface area contributed by atoms with Gasteiger partial charge in [-0.05, 0) is 18.1 Å². The van der Waals surface area contributed by atoms with Crippen LogP contribution in [0, 0.1) is 0 Å². The molecule has 6 heteroatoms. The first-order chi connectivity index (χ1) is 8.06. The Bertz CT molecular complexity index is 513. The van der Waals surface area contributed by atoms with Gasteiger partial charge in [0, 0.05) is 13.7 Å². The summed E-state index contributed by atoms with van der Waals surface area (Å²) in [6.07, 6.45) is 0.715. The fourth-order valence-electron chi connectivity index (χ4n) is 2.03. The fourth-order valence-corrected chi connectivity index (χ4v) is 3.50. The third kappa shape index (κ3) is 2.23. The second-order valence-electron chi connectivity index (χ2n) is 3.99. The van der Waals surface area contributed by atoms with Gasteiger partial charge in [0.15, 0.2) is 0 Å². The summed E-state index contributed by atoms with van der Waals surface area (Å²) in [6.45, 7) is 0.663. The number of nitrogen functional groups attached to an aromatic ring is 1. The van der Waals surface area contributed by atoms with Crippen molar-refractivity contribution in [1.82, 2.24) is 0 Å². The number of anilines is 2. The number of sulfonamides is 1. The molecule has 0 spiro atoms. The summed E-state index contributed by atoms with van der Waals surface area (Å²) in [5.41, 5.74) is 8.00. The van der Waals surface area contributed by atoms with E-state index >= 15 is 0 Å². The van der Waals surface area contributed by atoms with Crippen molar-refractivity contribution in [2.45, 2.75) is 6.42 Å². The molecule has 1 heterocycles. The predicted molar refractivity (Wildman–Crippen MR) is 67.6 cm³/mol. The van der Waals surface area contributed by atoms with Gasteiger partial charge in [-0.1, -0.05) is 12.1 Å². The molecule has 2 N–H and O–H groups in total. The molecule has 0 saturated carbocycles. The molecular formula is C11H16N2O3S. The van der Waals surface area contributed by atoms with Crippen LogP contribution in [0.4, 0.5) is 11.4 Å². The van der Waals surface area contributed by atoms with Crippen molar-refractivity contribution in [3.63, 3.8) is 0 Å². The maximum absolute atomic E-state index is 12.1.